The number of hydrogen-bond donors (Lipinski definition) is 2. The average molecular weight is 499 g/mol. The molecule has 0 bridgehead atoms. The number of nitrogens with one attached hydrogen (secondary N) is 2. The lowest BCUT2D eigenvalue weighted by molar-refractivity contribution is -0.137. The lowest BCUT2D eigenvalue weighted by atomic mass is 9.80. The zero-order valence-corrected chi connectivity index (χ0v) is 19.9. The topological polar surface area (TPSA) is 85.2 Å². The molecule has 2 amide bonds. The lowest BCUT2D eigenvalue weighted by Crippen LogP contribution is -2.63. The Bertz CT molecular complexity index is 1110. The molecule has 1 saturated carbocycles. The second-order valence-electron chi connectivity index (χ2n) is 9.56. The minimum atomic E-state index is -4.53. The predicted octanol–water partition coefficient (Wildman–Crippen LogP) is 4.03. The van der Waals surface area contributed by atoms with Crippen molar-refractivity contribution in [2.75, 3.05) is 19.6 Å². The molecular weight excluding hydrogens is 469 g/mol. The monoisotopic (exact) mass is 498 g/mol. The number of carbonyl (C=O) groups excluding carboxylic acids is 2. The normalized spacial score (nSPS) is 20.7. The van der Waals surface area contributed by atoms with Crippen molar-refractivity contribution in [1.82, 2.24) is 15.5 Å². The zero-order valence-electron chi connectivity index (χ0n) is 19.9. The van der Waals surface area contributed by atoms with Crippen molar-refractivity contribution in [1.29, 1.82) is 5.26 Å². The molecule has 2 N–H and O–H groups in total. The van der Waals surface area contributed by atoms with Crippen LogP contribution in [0.1, 0.15) is 58.6 Å². The Kier molecular flexibility index (Phi) is 7.94. The Hall–Kier alpha value is -3.38. The van der Waals surface area contributed by atoms with Gasteiger partial charge in [-0.1, -0.05) is 30.3 Å². The van der Waals surface area contributed by atoms with Crippen molar-refractivity contribution < 1.29 is 22.8 Å². The van der Waals surface area contributed by atoms with Gasteiger partial charge in [0.15, 0.2) is 0 Å². The van der Waals surface area contributed by atoms with Crippen molar-refractivity contribution >= 4 is 11.8 Å². The van der Waals surface area contributed by atoms with Crippen molar-refractivity contribution in [3.05, 3.63) is 70.8 Å². The van der Waals surface area contributed by atoms with Crippen LogP contribution in [0.2, 0.25) is 0 Å². The number of hydrogen-bond acceptors (Lipinski definition) is 4. The molecule has 1 heterocycles. The van der Waals surface area contributed by atoms with E-state index in [1.807, 2.05) is 12.1 Å². The van der Waals surface area contributed by atoms with E-state index in [-0.39, 0.29) is 24.1 Å². The van der Waals surface area contributed by atoms with Gasteiger partial charge in [-0.05, 0) is 60.9 Å². The first-order chi connectivity index (χ1) is 17.2. The Labute approximate surface area is 208 Å². The van der Waals surface area contributed by atoms with Crippen molar-refractivity contribution in [2.24, 2.45) is 0 Å². The van der Waals surface area contributed by atoms with E-state index in [1.54, 1.807) is 0 Å². The maximum absolute atomic E-state index is 12.8. The largest absolute Gasteiger partial charge is 0.416 e. The van der Waals surface area contributed by atoms with E-state index >= 15 is 0 Å². The lowest BCUT2D eigenvalue weighted by Gasteiger charge is -2.46. The fourth-order valence-corrected chi connectivity index (χ4v) is 5.05. The summed E-state index contributed by atoms with van der Waals surface area (Å²) in [6.07, 6.45) is 0.306. The molecule has 2 aromatic carbocycles. The Balaban J connectivity index is 1.15. The van der Waals surface area contributed by atoms with Crippen LogP contribution < -0.4 is 10.6 Å². The fourth-order valence-electron chi connectivity index (χ4n) is 5.05. The molecule has 2 aliphatic rings. The number of alkyl halides is 3. The van der Waals surface area contributed by atoms with Gasteiger partial charge in [-0.25, -0.2) is 0 Å². The molecular formula is C27H29F3N4O2. The third-order valence-electron chi connectivity index (χ3n) is 7.08. The molecule has 4 rings (SSSR count). The summed E-state index contributed by atoms with van der Waals surface area (Å²) in [6.45, 7) is 1.22. The highest BCUT2D eigenvalue weighted by Crippen LogP contribution is 2.36. The Morgan fingerprint density at radius 3 is 2.36 bits per heavy atom. The summed E-state index contributed by atoms with van der Waals surface area (Å²) in [5.74, 6) is -0.541. The van der Waals surface area contributed by atoms with Crippen molar-refractivity contribution in [3.63, 3.8) is 0 Å². The molecule has 0 aromatic heterocycles. The summed E-state index contributed by atoms with van der Waals surface area (Å²) in [6, 6.07) is 15.1. The third kappa shape index (κ3) is 6.43. The first-order valence-electron chi connectivity index (χ1n) is 12.2. The highest BCUT2D eigenvalue weighted by atomic mass is 19.4. The third-order valence-corrected chi connectivity index (χ3v) is 7.08. The van der Waals surface area contributed by atoms with Crippen LogP contribution in [0.25, 0.3) is 0 Å². The standard InChI is InChI=1S/C27H29F3N4O2/c28-27(29,30)22-3-1-2-21(14-22)26(36)32-15-25(35)33-23-16-34(17-23)24-10-8-20(9-11-24)19-6-4-18(5-7-19)12-13-31/h1-7,14,20,23-24H,8-12,15-17H2,(H,32,36)(H,33,35). The highest BCUT2D eigenvalue weighted by Gasteiger charge is 2.35. The predicted molar refractivity (Wildman–Crippen MR) is 128 cm³/mol. The van der Waals surface area contributed by atoms with E-state index in [0.29, 0.717) is 18.4 Å². The van der Waals surface area contributed by atoms with Crippen LogP contribution in [0.15, 0.2) is 48.5 Å². The molecule has 2 fully saturated rings. The molecule has 2 aromatic rings. The highest BCUT2D eigenvalue weighted by molar-refractivity contribution is 5.96. The number of likely N-dealkylation sites (tertiary alicyclic amines) is 1. The van der Waals surface area contributed by atoms with Gasteiger partial charge in [0.05, 0.1) is 30.6 Å². The van der Waals surface area contributed by atoms with Gasteiger partial charge >= 0.3 is 6.18 Å². The van der Waals surface area contributed by atoms with Crippen LogP contribution in [0, 0.1) is 11.3 Å². The number of rotatable bonds is 7. The summed E-state index contributed by atoms with van der Waals surface area (Å²) in [7, 11) is 0. The van der Waals surface area contributed by atoms with E-state index in [1.165, 1.54) is 17.7 Å². The first kappa shape index (κ1) is 25.7. The quantitative estimate of drug-likeness (QED) is 0.604. The molecule has 6 nitrogen and oxygen atoms in total. The van der Waals surface area contributed by atoms with Crippen molar-refractivity contribution in [2.45, 2.75) is 56.3 Å². The Morgan fingerprint density at radius 1 is 1.03 bits per heavy atom. The van der Waals surface area contributed by atoms with Gasteiger partial charge in [0.2, 0.25) is 5.91 Å². The molecule has 1 aliphatic heterocycles. The van der Waals surface area contributed by atoms with Gasteiger partial charge in [-0.15, -0.1) is 0 Å². The van der Waals surface area contributed by atoms with Crippen LogP contribution in [-0.2, 0) is 17.4 Å². The smallest absolute Gasteiger partial charge is 0.349 e. The minimum absolute atomic E-state index is 0.00774. The number of nitriles is 1. The van der Waals surface area contributed by atoms with Gasteiger partial charge in [0.25, 0.3) is 5.91 Å². The first-order valence-corrected chi connectivity index (χ1v) is 12.2. The molecule has 36 heavy (non-hydrogen) atoms. The van der Waals surface area contributed by atoms with Gasteiger partial charge in [-0.3, -0.25) is 14.5 Å². The van der Waals surface area contributed by atoms with Crippen LogP contribution in [0.4, 0.5) is 13.2 Å². The van der Waals surface area contributed by atoms with E-state index in [9.17, 15) is 22.8 Å². The van der Waals surface area contributed by atoms with Crippen LogP contribution in [-0.4, -0.2) is 48.4 Å². The van der Waals surface area contributed by atoms with E-state index < -0.39 is 17.6 Å². The average Bonchev–Trinajstić information content (AvgIpc) is 2.85. The minimum Gasteiger partial charge on any atom is -0.349 e. The zero-order chi connectivity index (χ0) is 25.7. The fraction of sp³-hybridized carbons (Fsp3) is 0.444. The molecule has 1 aliphatic carbocycles. The van der Waals surface area contributed by atoms with Crippen molar-refractivity contribution in [3.8, 4) is 6.07 Å². The summed E-state index contributed by atoms with van der Waals surface area (Å²) in [5.41, 5.74) is 1.33. The molecule has 190 valence electrons. The van der Waals surface area contributed by atoms with Crippen LogP contribution in [0.3, 0.4) is 0 Å². The summed E-state index contributed by atoms with van der Waals surface area (Å²) >= 11 is 0. The van der Waals surface area contributed by atoms with Gasteiger partial charge < -0.3 is 10.6 Å². The molecule has 0 radical (unpaired) electrons. The Morgan fingerprint density at radius 2 is 1.72 bits per heavy atom. The van der Waals surface area contributed by atoms with Crippen LogP contribution >= 0.6 is 0 Å². The van der Waals surface area contributed by atoms with E-state index in [2.05, 4.69) is 33.7 Å². The number of carbonyl (C=O) groups is 2. The maximum Gasteiger partial charge on any atom is 0.416 e. The number of halogens is 3. The summed E-state index contributed by atoms with van der Waals surface area (Å²) in [4.78, 5) is 26.7. The maximum atomic E-state index is 12.8. The van der Waals surface area contributed by atoms with Crippen LogP contribution in [0.5, 0.6) is 0 Å². The molecule has 1 saturated heterocycles. The SMILES string of the molecule is N#CCc1ccc(C2CCC(N3CC(NC(=O)CNC(=O)c4cccc(C(F)(F)F)c4)C3)CC2)cc1. The second-order valence-corrected chi connectivity index (χ2v) is 9.56. The number of amides is 2. The molecule has 9 heteroatoms. The van der Waals surface area contributed by atoms with E-state index in [4.69, 9.17) is 5.26 Å². The van der Waals surface area contributed by atoms with Gasteiger partial charge in [0, 0.05) is 24.7 Å². The molecule has 0 spiro atoms. The molecule has 0 atom stereocenters. The number of benzene rings is 2. The van der Waals surface area contributed by atoms with E-state index in [0.717, 1.165) is 56.5 Å². The number of nitrogens with zero attached hydrogens (tertiary/aromatic N) is 2. The van der Waals surface area contributed by atoms with Gasteiger partial charge in [0.1, 0.15) is 0 Å². The summed E-state index contributed by atoms with van der Waals surface area (Å²) < 4.78 is 38.5. The summed E-state index contributed by atoms with van der Waals surface area (Å²) in [5, 5.41) is 14.1. The molecule has 0 unspecified atom stereocenters. The second kappa shape index (κ2) is 11.1. The van der Waals surface area contributed by atoms with Gasteiger partial charge in [-0.2, -0.15) is 18.4 Å².